The minimum atomic E-state index is -4.40. The van der Waals surface area contributed by atoms with Crippen molar-refractivity contribution < 1.29 is 42.1 Å². The zero-order chi connectivity index (χ0) is 62.6. The molecule has 0 rings (SSSR count). The number of phosphoric acid groups is 1. The molecular formula is C76H137NO8P+. The van der Waals surface area contributed by atoms with Crippen molar-refractivity contribution in [2.75, 3.05) is 47.5 Å². The maximum atomic E-state index is 12.9. The Balaban J connectivity index is 3.95. The number of hydrogen-bond acceptors (Lipinski definition) is 7. The van der Waals surface area contributed by atoms with E-state index in [1.807, 2.05) is 21.1 Å². The molecule has 0 aliphatic rings. The number of nitrogens with zero attached hydrogens (tertiary/aromatic N) is 1. The van der Waals surface area contributed by atoms with Crippen LogP contribution in [0.1, 0.15) is 322 Å². The molecule has 0 aromatic rings. The van der Waals surface area contributed by atoms with Gasteiger partial charge in [-0.15, -0.1) is 0 Å². The van der Waals surface area contributed by atoms with Crippen LogP contribution in [0.15, 0.2) is 97.2 Å². The largest absolute Gasteiger partial charge is 0.472 e. The van der Waals surface area contributed by atoms with Gasteiger partial charge in [-0.05, 0) is 89.9 Å². The number of unbranched alkanes of at least 4 members (excludes halogenated alkanes) is 36. The Morgan fingerprint density at radius 3 is 0.930 bits per heavy atom. The molecule has 2 unspecified atom stereocenters. The molecule has 9 nitrogen and oxygen atoms in total. The average Bonchev–Trinajstić information content (AvgIpc) is 3.56. The van der Waals surface area contributed by atoms with Crippen LogP contribution in [0.3, 0.4) is 0 Å². The van der Waals surface area contributed by atoms with Crippen molar-refractivity contribution in [3.05, 3.63) is 97.2 Å². The van der Waals surface area contributed by atoms with Gasteiger partial charge in [0.15, 0.2) is 6.10 Å². The van der Waals surface area contributed by atoms with E-state index in [0.717, 1.165) is 89.9 Å². The molecule has 0 radical (unpaired) electrons. The van der Waals surface area contributed by atoms with E-state index in [2.05, 4.69) is 111 Å². The molecule has 0 spiro atoms. The third-order valence-electron chi connectivity index (χ3n) is 15.6. The third kappa shape index (κ3) is 70.0. The summed E-state index contributed by atoms with van der Waals surface area (Å²) < 4.78 is 34.7. The van der Waals surface area contributed by atoms with Gasteiger partial charge < -0.3 is 18.9 Å². The highest BCUT2D eigenvalue weighted by atomic mass is 31.2. The van der Waals surface area contributed by atoms with Gasteiger partial charge in [0.2, 0.25) is 0 Å². The third-order valence-corrected chi connectivity index (χ3v) is 16.6. The van der Waals surface area contributed by atoms with Crippen LogP contribution in [0.5, 0.6) is 0 Å². The molecule has 86 heavy (non-hydrogen) atoms. The zero-order valence-corrected chi connectivity index (χ0v) is 57.7. The summed E-state index contributed by atoms with van der Waals surface area (Å²) in [5, 5.41) is 0. The van der Waals surface area contributed by atoms with Crippen molar-refractivity contribution in [1.82, 2.24) is 0 Å². The number of carbonyl (C=O) groups is 2. The molecule has 0 bridgehead atoms. The highest BCUT2D eigenvalue weighted by Crippen LogP contribution is 2.43. The second kappa shape index (κ2) is 66.4. The van der Waals surface area contributed by atoms with E-state index in [1.165, 1.54) is 199 Å². The zero-order valence-electron chi connectivity index (χ0n) is 56.8. The number of phosphoric ester groups is 1. The van der Waals surface area contributed by atoms with E-state index >= 15 is 0 Å². The lowest BCUT2D eigenvalue weighted by molar-refractivity contribution is -0.870. The van der Waals surface area contributed by atoms with E-state index in [1.54, 1.807) is 0 Å². The number of allylic oxidation sites excluding steroid dienone is 16. The summed E-state index contributed by atoms with van der Waals surface area (Å²) in [6, 6.07) is 0. The second-order valence-corrected chi connectivity index (χ2v) is 26.7. The second-order valence-electron chi connectivity index (χ2n) is 25.2. The predicted octanol–water partition coefficient (Wildman–Crippen LogP) is 23.5. The average molecular weight is 1220 g/mol. The lowest BCUT2D eigenvalue weighted by Gasteiger charge is -2.24. The van der Waals surface area contributed by atoms with Gasteiger partial charge in [-0.25, -0.2) is 4.57 Å². The number of likely N-dealkylation sites (N-methyl/N-ethyl adjacent to an activating group) is 1. The van der Waals surface area contributed by atoms with Crippen LogP contribution in [-0.4, -0.2) is 74.9 Å². The number of rotatable bonds is 66. The molecule has 0 fully saturated rings. The van der Waals surface area contributed by atoms with Crippen molar-refractivity contribution in [2.24, 2.45) is 0 Å². The highest BCUT2D eigenvalue weighted by molar-refractivity contribution is 7.47. The first-order valence-corrected chi connectivity index (χ1v) is 37.5. The van der Waals surface area contributed by atoms with Gasteiger partial charge in [0.1, 0.15) is 19.8 Å². The van der Waals surface area contributed by atoms with Crippen molar-refractivity contribution in [2.45, 2.75) is 328 Å². The summed E-state index contributed by atoms with van der Waals surface area (Å²) in [7, 11) is 1.48. The molecule has 1 N–H and O–H groups in total. The Morgan fingerprint density at radius 2 is 0.628 bits per heavy atom. The van der Waals surface area contributed by atoms with Gasteiger partial charge in [-0.3, -0.25) is 18.6 Å². The Hall–Kier alpha value is -3.07. The topological polar surface area (TPSA) is 108 Å². The number of carbonyl (C=O) groups excluding carboxylic acids is 2. The molecule has 0 heterocycles. The fourth-order valence-corrected chi connectivity index (χ4v) is 10.9. The minimum absolute atomic E-state index is 0.0297. The molecule has 0 saturated carbocycles. The first kappa shape index (κ1) is 82.9. The minimum Gasteiger partial charge on any atom is -0.462 e. The lowest BCUT2D eigenvalue weighted by Crippen LogP contribution is -2.37. The van der Waals surface area contributed by atoms with Crippen LogP contribution in [0.25, 0.3) is 0 Å². The van der Waals surface area contributed by atoms with Gasteiger partial charge in [0.05, 0.1) is 27.7 Å². The van der Waals surface area contributed by atoms with E-state index in [-0.39, 0.29) is 32.0 Å². The van der Waals surface area contributed by atoms with Crippen LogP contribution in [0, 0.1) is 0 Å². The van der Waals surface area contributed by atoms with Gasteiger partial charge >= 0.3 is 19.8 Å². The highest BCUT2D eigenvalue weighted by Gasteiger charge is 2.27. The molecular weight excluding hydrogens is 1090 g/mol. The maximum Gasteiger partial charge on any atom is 0.472 e. The fourth-order valence-electron chi connectivity index (χ4n) is 10.2. The summed E-state index contributed by atoms with van der Waals surface area (Å²) in [4.78, 5) is 35.9. The van der Waals surface area contributed by atoms with Crippen LogP contribution in [0.2, 0.25) is 0 Å². The van der Waals surface area contributed by atoms with E-state index in [9.17, 15) is 19.0 Å². The number of esters is 2. The smallest absolute Gasteiger partial charge is 0.462 e. The van der Waals surface area contributed by atoms with Crippen molar-refractivity contribution in [3.8, 4) is 0 Å². The standard InChI is InChI=1S/C76H136NO8P/c1-6-8-10-12-14-16-18-20-22-24-26-28-30-31-32-33-34-35-36-37-38-39-40-41-42-43-44-45-47-49-51-53-55-57-59-61-63-65-67-69-76(79)85-74(73-84-86(80,81)83-71-70-77(3,4)5)72-82-75(78)68-66-64-62-60-58-56-54-52-50-48-46-29-27-25-23-21-19-17-15-13-11-9-7-2/h8-11,14-17,20-23,26-29,74H,6-7,12-13,18-19,24-25,30-73H2,1-5H3/p+1/b10-8-,11-9-,16-14-,17-15-,22-20-,23-21-,28-26-,29-27-. The van der Waals surface area contributed by atoms with E-state index < -0.39 is 26.5 Å². The Bertz CT molecular complexity index is 1770. The molecule has 498 valence electrons. The van der Waals surface area contributed by atoms with Crippen molar-refractivity contribution in [1.29, 1.82) is 0 Å². The quantitative estimate of drug-likeness (QED) is 0.0211. The Morgan fingerprint density at radius 1 is 0.360 bits per heavy atom. The summed E-state index contributed by atoms with van der Waals surface area (Å²) in [6.07, 6.45) is 92.4. The summed E-state index contributed by atoms with van der Waals surface area (Å²) in [5.74, 6) is -0.792. The normalized spacial score (nSPS) is 13.7. The number of hydrogen-bond donors (Lipinski definition) is 1. The Kier molecular flexibility index (Phi) is 64.0. The number of ether oxygens (including phenoxy) is 2. The van der Waals surface area contributed by atoms with Gasteiger partial charge in [-0.2, -0.15) is 0 Å². The molecule has 2 atom stereocenters. The fraction of sp³-hybridized carbons (Fsp3) is 0.763. The van der Waals surface area contributed by atoms with Gasteiger partial charge in [0, 0.05) is 12.8 Å². The maximum absolute atomic E-state index is 12.9. The molecule has 10 heteroatoms. The molecule has 0 aliphatic heterocycles. The molecule has 0 amide bonds. The summed E-state index contributed by atoms with van der Waals surface area (Å²) in [5.41, 5.74) is 0. The summed E-state index contributed by atoms with van der Waals surface area (Å²) in [6.45, 7) is 4.24. The molecule has 0 aliphatic carbocycles. The molecule has 0 aromatic heterocycles. The first-order chi connectivity index (χ1) is 42.0. The van der Waals surface area contributed by atoms with Gasteiger partial charge in [0.25, 0.3) is 0 Å². The van der Waals surface area contributed by atoms with Crippen molar-refractivity contribution >= 4 is 19.8 Å². The molecule has 0 saturated heterocycles. The van der Waals surface area contributed by atoms with Gasteiger partial charge in [-0.1, -0.05) is 317 Å². The molecule has 0 aromatic carbocycles. The first-order valence-electron chi connectivity index (χ1n) is 36.0. The van der Waals surface area contributed by atoms with E-state index in [0.29, 0.717) is 17.4 Å². The van der Waals surface area contributed by atoms with Crippen LogP contribution in [-0.2, 0) is 32.7 Å². The SMILES string of the molecule is CC/C=C\C/C=C\C/C=C\C/C=C\CCCCCCCCCCCCCCCCCCCCCCCCCCCCC(=O)OC(COC(=O)CCCCCCCCCCCC/C=C\C/C=C\C/C=C\C/C=C\CC)COP(=O)(O)OCC[N+](C)(C)C. The number of quaternary nitrogens is 1. The summed E-state index contributed by atoms with van der Waals surface area (Å²) >= 11 is 0. The van der Waals surface area contributed by atoms with Crippen molar-refractivity contribution in [3.63, 3.8) is 0 Å². The lowest BCUT2D eigenvalue weighted by atomic mass is 10.0. The van der Waals surface area contributed by atoms with Crippen LogP contribution in [0.4, 0.5) is 0 Å². The predicted molar refractivity (Wildman–Crippen MR) is 372 cm³/mol. The Labute approximate surface area is 532 Å². The van der Waals surface area contributed by atoms with E-state index in [4.69, 9.17) is 18.5 Å². The van der Waals surface area contributed by atoms with Crippen LogP contribution >= 0.6 is 7.82 Å². The van der Waals surface area contributed by atoms with Crippen LogP contribution < -0.4 is 0 Å². The monoisotopic (exact) mass is 1220 g/mol.